The first-order valence-electron chi connectivity index (χ1n) is 6.71. The van der Waals surface area contributed by atoms with Crippen molar-refractivity contribution in [3.63, 3.8) is 0 Å². The van der Waals surface area contributed by atoms with Crippen LogP contribution >= 0.6 is 23.2 Å². The second-order valence-electron chi connectivity index (χ2n) is 5.30. The van der Waals surface area contributed by atoms with Crippen LogP contribution in [0.4, 0.5) is 5.69 Å². The molecule has 4 heteroatoms. The van der Waals surface area contributed by atoms with Gasteiger partial charge in [-0.15, -0.1) is 0 Å². The molecule has 1 saturated heterocycles. The molecule has 0 N–H and O–H groups in total. The lowest BCUT2D eigenvalue weighted by molar-refractivity contribution is 0.0734. The van der Waals surface area contributed by atoms with Crippen LogP contribution < -0.4 is 5.06 Å². The van der Waals surface area contributed by atoms with Gasteiger partial charge in [0.2, 0.25) is 0 Å². The first-order chi connectivity index (χ1) is 9.72. The molecular formula is C16H13Cl2NO. The van der Waals surface area contributed by atoms with Gasteiger partial charge in [0.1, 0.15) is 0 Å². The summed E-state index contributed by atoms with van der Waals surface area (Å²) in [6.45, 7) is 0. The summed E-state index contributed by atoms with van der Waals surface area (Å²) in [5, 5.41) is 3.57. The molecule has 0 unspecified atom stereocenters. The molecule has 2 bridgehead atoms. The molecule has 0 aliphatic carbocycles. The SMILES string of the molecule is Clc1ccc2c(c1)C[C@@H]1C[C@@H](c3ccccc3Cl)N2O1. The van der Waals surface area contributed by atoms with Crippen LogP contribution in [0.3, 0.4) is 0 Å². The molecule has 1 fully saturated rings. The largest absolute Gasteiger partial charge is 0.269 e. The first kappa shape index (κ1) is 12.5. The van der Waals surface area contributed by atoms with Gasteiger partial charge in [0.05, 0.1) is 17.8 Å². The Kier molecular flexibility index (Phi) is 2.92. The molecule has 2 atom stereocenters. The number of fused-ring (bicyclic) bond motifs is 4. The second-order valence-corrected chi connectivity index (χ2v) is 6.15. The van der Waals surface area contributed by atoms with Gasteiger partial charge in [-0.2, -0.15) is 0 Å². The Bertz CT molecular complexity index is 673. The molecule has 0 amide bonds. The molecule has 2 aliphatic rings. The van der Waals surface area contributed by atoms with E-state index in [2.05, 4.69) is 6.07 Å². The van der Waals surface area contributed by atoms with E-state index in [0.29, 0.717) is 0 Å². The number of benzene rings is 2. The van der Waals surface area contributed by atoms with E-state index in [9.17, 15) is 0 Å². The van der Waals surface area contributed by atoms with Gasteiger partial charge in [0.25, 0.3) is 0 Å². The molecule has 0 aromatic heterocycles. The number of hydroxylamine groups is 1. The van der Waals surface area contributed by atoms with E-state index in [4.69, 9.17) is 28.0 Å². The summed E-state index contributed by atoms with van der Waals surface area (Å²) >= 11 is 12.4. The molecule has 2 aromatic rings. The molecule has 2 nitrogen and oxygen atoms in total. The fourth-order valence-corrected chi connectivity index (χ4v) is 3.60. The Balaban J connectivity index is 1.79. The number of hydrogen-bond acceptors (Lipinski definition) is 2. The van der Waals surface area contributed by atoms with Gasteiger partial charge in [-0.1, -0.05) is 41.4 Å². The van der Waals surface area contributed by atoms with Gasteiger partial charge in [-0.05, 0) is 35.4 Å². The van der Waals surface area contributed by atoms with E-state index in [-0.39, 0.29) is 12.1 Å². The first-order valence-corrected chi connectivity index (χ1v) is 7.47. The van der Waals surface area contributed by atoms with Crippen molar-refractivity contribution in [3.05, 3.63) is 63.6 Å². The average Bonchev–Trinajstić information content (AvgIpc) is 2.77. The number of halogens is 2. The maximum Gasteiger partial charge on any atom is 0.0921 e. The fourth-order valence-electron chi connectivity index (χ4n) is 3.14. The topological polar surface area (TPSA) is 12.5 Å². The fraction of sp³-hybridized carbons (Fsp3) is 0.250. The van der Waals surface area contributed by atoms with Crippen LogP contribution in [0.1, 0.15) is 23.6 Å². The highest BCUT2D eigenvalue weighted by atomic mass is 35.5. The molecule has 102 valence electrons. The van der Waals surface area contributed by atoms with Crippen LogP contribution in [0, 0.1) is 0 Å². The third kappa shape index (κ3) is 1.91. The smallest absolute Gasteiger partial charge is 0.0921 e. The number of hydrogen-bond donors (Lipinski definition) is 0. The van der Waals surface area contributed by atoms with Crippen molar-refractivity contribution in [1.29, 1.82) is 0 Å². The maximum atomic E-state index is 6.34. The van der Waals surface area contributed by atoms with E-state index < -0.39 is 0 Å². The van der Waals surface area contributed by atoms with Crippen LogP contribution in [-0.4, -0.2) is 6.10 Å². The molecule has 2 heterocycles. The van der Waals surface area contributed by atoms with Gasteiger partial charge in [0.15, 0.2) is 0 Å². The number of rotatable bonds is 1. The molecule has 0 spiro atoms. The van der Waals surface area contributed by atoms with E-state index in [0.717, 1.165) is 34.1 Å². The van der Waals surface area contributed by atoms with Gasteiger partial charge in [-0.3, -0.25) is 4.84 Å². The van der Waals surface area contributed by atoms with Crippen molar-refractivity contribution in [3.8, 4) is 0 Å². The lowest BCUT2D eigenvalue weighted by Gasteiger charge is -2.30. The predicted octanol–water partition coefficient (Wildman–Crippen LogP) is 4.80. The maximum absolute atomic E-state index is 6.34. The summed E-state index contributed by atoms with van der Waals surface area (Å²) in [6, 6.07) is 14.1. The molecule has 4 rings (SSSR count). The van der Waals surface area contributed by atoms with E-state index in [1.807, 2.05) is 41.5 Å². The standard InChI is InChI=1S/C16H13Cl2NO/c17-11-5-6-15-10(7-11)8-12-9-16(19(15)20-12)13-3-1-2-4-14(13)18/h1-7,12,16H,8-9H2/t12-,16+/m1/s1. The Morgan fingerprint density at radius 3 is 2.80 bits per heavy atom. The molecule has 2 aromatic carbocycles. The molecule has 0 radical (unpaired) electrons. The van der Waals surface area contributed by atoms with Crippen LogP contribution in [0.15, 0.2) is 42.5 Å². The highest BCUT2D eigenvalue weighted by Crippen LogP contribution is 2.46. The van der Waals surface area contributed by atoms with Crippen molar-refractivity contribution < 1.29 is 4.84 Å². The lowest BCUT2D eigenvalue weighted by Crippen LogP contribution is -2.27. The highest BCUT2D eigenvalue weighted by Gasteiger charge is 2.40. The highest BCUT2D eigenvalue weighted by molar-refractivity contribution is 6.31. The normalized spacial score (nSPS) is 23.8. The zero-order valence-electron chi connectivity index (χ0n) is 10.7. The van der Waals surface area contributed by atoms with Gasteiger partial charge < -0.3 is 0 Å². The van der Waals surface area contributed by atoms with Crippen molar-refractivity contribution in [2.24, 2.45) is 0 Å². The van der Waals surface area contributed by atoms with Gasteiger partial charge >= 0.3 is 0 Å². The van der Waals surface area contributed by atoms with E-state index in [1.54, 1.807) is 0 Å². The third-order valence-corrected chi connectivity index (χ3v) is 4.60. The molecule has 0 saturated carbocycles. The minimum Gasteiger partial charge on any atom is -0.269 e. The lowest BCUT2D eigenvalue weighted by atomic mass is 10.0. The summed E-state index contributed by atoms with van der Waals surface area (Å²) in [6.07, 6.45) is 2.07. The van der Waals surface area contributed by atoms with Crippen LogP contribution in [0.5, 0.6) is 0 Å². The Hall–Kier alpha value is -1.22. The van der Waals surface area contributed by atoms with Crippen molar-refractivity contribution in [2.45, 2.75) is 25.0 Å². The zero-order valence-corrected chi connectivity index (χ0v) is 12.2. The number of nitrogens with zero attached hydrogens (tertiary/aromatic N) is 1. The Morgan fingerprint density at radius 1 is 1.10 bits per heavy atom. The van der Waals surface area contributed by atoms with E-state index in [1.165, 1.54) is 5.56 Å². The van der Waals surface area contributed by atoms with Crippen molar-refractivity contribution >= 4 is 28.9 Å². The zero-order chi connectivity index (χ0) is 13.7. The minimum atomic E-state index is 0.177. The number of anilines is 1. The van der Waals surface area contributed by atoms with Crippen LogP contribution in [0.2, 0.25) is 10.0 Å². The summed E-state index contributed by atoms with van der Waals surface area (Å²) in [5.41, 5.74) is 3.48. The molecule has 2 aliphatic heterocycles. The van der Waals surface area contributed by atoms with Gasteiger partial charge in [0, 0.05) is 22.9 Å². The van der Waals surface area contributed by atoms with Gasteiger partial charge in [-0.25, -0.2) is 5.06 Å². The molecule has 20 heavy (non-hydrogen) atoms. The second kappa shape index (κ2) is 4.66. The van der Waals surface area contributed by atoms with Crippen molar-refractivity contribution in [1.82, 2.24) is 0 Å². The monoisotopic (exact) mass is 305 g/mol. The summed E-state index contributed by atoms with van der Waals surface area (Å²) in [5.74, 6) is 0. The summed E-state index contributed by atoms with van der Waals surface area (Å²) in [4.78, 5) is 6.02. The van der Waals surface area contributed by atoms with Crippen LogP contribution in [0.25, 0.3) is 0 Å². The summed E-state index contributed by atoms with van der Waals surface area (Å²) < 4.78 is 0. The molecular weight excluding hydrogens is 293 g/mol. The average molecular weight is 306 g/mol. The van der Waals surface area contributed by atoms with Crippen molar-refractivity contribution in [2.75, 3.05) is 5.06 Å². The predicted molar refractivity (Wildman–Crippen MR) is 81.3 cm³/mol. The van der Waals surface area contributed by atoms with E-state index >= 15 is 0 Å². The summed E-state index contributed by atoms with van der Waals surface area (Å²) in [7, 11) is 0. The Morgan fingerprint density at radius 2 is 1.95 bits per heavy atom. The third-order valence-electron chi connectivity index (χ3n) is 4.02. The quantitative estimate of drug-likeness (QED) is 0.750. The minimum absolute atomic E-state index is 0.177. The Labute approximate surface area is 127 Å². The van der Waals surface area contributed by atoms with Crippen LogP contribution in [-0.2, 0) is 11.3 Å².